The van der Waals surface area contributed by atoms with Crippen LogP contribution in [0.5, 0.6) is 0 Å². The lowest BCUT2D eigenvalue weighted by Crippen LogP contribution is -2.56. The van der Waals surface area contributed by atoms with Crippen molar-refractivity contribution in [1.29, 1.82) is 0 Å². The first-order chi connectivity index (χ1) is 12.8. The monoisotopic (exact) mass is 381 g/mol. The number of rotatable bonds is 3. The zero-order chi connectivity index (χ0) is 19.4. The van der Waals surface area contributed by atoms with Crippen molar-refractivity contribution >= 4 is 12.0 Å². The van der Waals surface area contributed by atoms with E-state index >= 15 is 0 Å². The highest BCUT2D eigenvalue weighted by Gasteiger charge is 2.34. The van der Waals surface area contributed by atoms with Crippen LogP contribution in [0.1, 0.15) is 59.3 Å². The lowest BCUT2D eigenvalue weighted by Gasteiger charge is -2.42. The summed E-state index contributed by atoms with van der Waals surface area (Å²) in [6, 6.07) is 0.725. The number of nitrogens with zero attached hydrogens (tertiary/aromatic N) is 2. The number of amides is 2. The van der Waals surface area contributed by atoms with Gasteiger partial charge in [-0.25, -0.2) is 4.79 Å². The van der Waals surface area contributed by atoms with Crippen LogP contribution in [0.4, 0.5) is 4.79 Å². The standard InChI is InChI=1S/C20H35N3O4/c1-20(2,3)27-19(25)22-10-8-16(9-11-22)23-12-13-26-17(14-23)18(24)21-15-6-4-5-7-15/h15-17H,4-14H2,1-3H3,(H,21,24). The predicted octanol–water partition coefficient (Wildman–Crippen LogP) is 2.15. The highest BCUT2D eigenvalue weighted by molar-refractivity contribution is 5.81. The molecule has 1 N–H and O–H groups in total. The summed E-state index contributed by atoms with van der Waals surface area (Å²) in [7, 11) is 0. The van der Waals surface area contributed by atoms with Crippen molar-refractivity contribution in [2.75, 3.05) is 32.8 Å². The third kappa shape index (κ3) is 5.82. The molecule has 7 nitrogen and oxygen atoms in total. The summed E-state index contributed by atoms with van der Waals surface area (Å²) in [5.74, 6) is 0.0396. The van der Waals surface area contributed by atoms with E-state index in [0.717, 1.165) is 32.2 Å². The first-order valence-electron chi connectivity index (χ1n) is 10.5. The Bertz CT molecular complexity index is 520. The molecule has 27 heavy (non-hydrogen) atoms. The summed E-state index contributed by atoms with van der Waals surface area (Å²) < 4.78 is 11.2. The molecule has 154 valence electrons. The fraction of sp³-hybridized carbons (Fsp3) is 0.900. The second kappa shape index (κ2) is 8.78. The Hall–Kier alpha value is -1.34. The molecule has 2 aliphatic heterocycles. The quantitative estimate of drug-likeness (QED) is 0.811. The van der Waals surface area contributed by atoms with Crippen molar-refractivity contribution in [1.82, 2.24) is 15.1 Å². The molecule has 1 saturated carbocycles. The molecule has 0 aromatic rings. The van der Waals surface area contributed by atoms with Crippen LogP contribution in [-0.2, 0) is 14.3 Å². The molecule has 3 aliphatic rings. The molecule has 2 heterocycles. The van der Waals surface area contributed by atoms with Crippen LogP contribution in [0.25, 0.3) is 0 Å². The number of piperidine rings is 1. The van der Waals surface area contributed by atoms with Crippen molar-refractivity contribution in [2.45, 2.75) is 83.1 Å². The number of carbonyl (C=O) groups is 2. The molecular formula is C20H35N3O4. The smallest absolute Gasteiger partial charge is 0.410 e. The number of ether oxygens (including phenoxy) is 2. The van der Waals surface area contributed by atoms with Gasteiger partial charge in [0, 0.05) is 38.3 Å². The molecule has 1 atom stereocenters. The maximum absolute atomic E-state index is 12.5. The van der Waals surface area contributed by atoms with E-state index in [9.17, 15) is 9.59 Å². The van der Waals surface area contributed by atoms with Gasteiger partial charge in [0.05, 0.1) is 6.61 Å². The zero-order valence-corrected chi connectivity index (χ0v) is 17.0. The Morgan fingerprint density at radius 2 is 1.70 bits per heavy atom. The van der Waals surface area contributed by atoms with Crippen molar-refractivity contribution in [3.63, 3.8) is 0 Å². The average Bonchev–Trinajstić information content (AvgIpc) is 3.13. The summed E-state index contributed by atoms with van der Waals surface area (Å²) >= 11 is 0. The highest BCUT2D eigenvalue weighted by Crippen LogP contribution is 2.22. The van der Waals surface area contributed by atoms with Crippen molar-refractivity contribution in [3.05, 3.63) is 0 Å². The Morgan fingerprint density at radius 1 is 1.04 bits per heavy atom. The Morgan fingerprint density at radius 3 is 2.33 bits per heavy atom. The second-order valence-electron chi connectivity index (χ2n) is 9.04. The predicted molar refractivity (Wildman–Crippen MR) is 103 cm³/mol. The van der Waals surface area contributed by atoms with Crippen molar-refractivity contribution in [2.24, 2.45) is 0 Å². The lowest BCUT2D eigenvalue weighted by atomic mass is 10.0. The molecule has 0 aromatic heterocycles. The number of nitrogens with one attached hydrogen (secondary N) is 1. The number of hydrogen-bond acceptors (Lipinski definition) is 5. The Kier molecular flexibility index (Phi) is 6.63. The van der Waals surface area contributed by atoms with Crippen LogP contribution in [0.15, 0.2) is 0 Å². The minimum atomic E-state index is -0.460. The van der Waals surface area contributed by atoms with Crippen LogP contribution in [0, 0.1) is 0 Å². The average molecular weight is 382 g/mol. The van der Waals surface area contributed by atoms with Crippen LogP contribution >= 0.6 is 0 Å². The summed E-state index contributed by atoms with van der Waals surface area (Å²) in [5, 5.41) is 3.16. The van der Waals surface area contributed by atoms with Gasteiger partial charge in [-0.05, 0) is 46.5 Å². The molecule has 7 heteroatoms. The van der Waals surface area contributed by atoms with Gasteiger partial charge in [-0.3, -0.25) is 9.69 Å². The SMILES string of the molecule is CC(C)(C)OC(=O)N1CCC(N2CCOC(C(=O)NC3CCCC3)C2)CC1. The second-order valence-corrected chi connectivity index (χ2v) is 9.04. The minimum absolute atomic E-state index is 0.0396. The van der Waals surface area contributed by atoms with Gasteiger partial charge in [0.2, 0.25) is 0 Å². The van der Waals surface area contributed by atoms with Gasteiger partial charge >= 0.3 is 6.09 Å². The maximum Gasteiger partial charge on any atom is 0.410 e. The highest BCUT2D eigenvalue weighted by atomic mass is 16.6. The van der Waals surface area contributed by atoms with Gasteiger partial charge in [0.25, 0.3) is 5.91 Å². The van der Waals surface area contributed by atoms with E-state index in [-0.39, 0.29) is 18.1 Å². The largest absolute Gasteiger partial charge is 0.444 e. The summed E-state index contributed by atoms with van der Waals surface area (Å²) in [4.78, 5) is 28.9. The van der Waals surface area contributed by atoms with Crippen LogP contribution in [-0.4, -0.2) is 78.4 Å². The van der Waals surface area contributed by atoms with Gasteiger partial charge in [0.1, 0.15) is 11.7 Å². The van der Waals surface area contributed by atoms with Gasteiger partial charge in [-0.2, -0.15) is 0 Å². The molecule has 3 rings (SSSR count). The van der Waals surface area contributed by atoms with Crippen molar-refractivity contribution in [3.8, 4) is 0 Å². The van der Waals surface area contributed by atoms with E-state index in [2.05, 4.69) is 10.2 Å². The molecule has 1 unspecified atom stereocenters. The summed E-state index contributed by atoms with van der Waals surface area (Å²) in [6.07, 6.45) is 5.82. The van der Waals surface area contributed by atoms with Gasteiger partial charge in [-0.15, -0.1) is 0 Å². The molecule has 0 aromatic carbocycles. The topological polar surface area (TPSA) is 71.1 Å². The lowest BCUT2D eigenvalue weighted by molar-refractivity contribution is -0.141. The van der Waals surface area contributed by atoms with E-state index in [1.165, 1.54) is 12.8 Å². The van der Waals surface area contributed by atoms with Gasteiger partial charge in [0.15, 0.2) is 0 Å². The Balaban J connectivity index is 1.45. The zero-order valence-electron chi connectivity index (χ0n) is 17.0. The van der Waals surface area contributed by atoms with E-state index < -0.39 is 5.60 Å². The van der Waals surface area contributed by atoms with E-state index in [0.29, 0.717) is 38.3 Å². The van der Waals surface area contributed by atoms with Crippen LogP contribution in [0.2, 0.25) is 0 Å². The third-order valence-electron chi connectivity index (χ3n) is 5.72. The molecule has 3 fully saturated rings. The van der Waals surface area contributed by atoms with E-state index in [1.807, 2.05) is 20.8 Å². The normalized spacial score (nSPS) is 26.2. The Labute approximate surface area is 162 Å². The number of likely N-dealkylation sites (tertiary alicyclic amines) is 1. The number of hydrogen-bond donors (Lipinski definition) is 1. The van der Waals surface area contributed by atoms with Crippen LogP contribution in [0.3, 0.4) is 0 Å². The van der Waals surface area contributed by atoms with E-state index in [4.69, 9.17) is 9.47 Å². The fourth-order valence-electron chi connectivity index (χ4n) is 4.26. The van der Waals surface area contributed by atoms with Crippen LogP contribution < -0.4 is 5.32 Å². The first-order valence-corrected chi connectivity index (χ1v) is 10.5. The molecule has 0 bridgehead atoms. The third-order valence-corrected chi connectivity index (χ3v) is 5.72. The minimum Gasteiger partial charge on any atom is -0.444 e. The molecular weight excluding hydrogens is 346 g/mol. The number of morpholine rings is 1. The fourth-order valence-corrected chi connectivity index (χ4v) is 4.26. The molecule has 2 amide bonds. The molecule has 0 radical (unpaired) electrons. The van der Waals surface area contributed by atoms with E-state index in [1.54, 1.807) is 4.90 Å². The van der Waals surface area contributed by atoms with Gasteiger partial charge in [-0.1, -0.05) is 12.8 Å². The summed E-state index contributed by atoms with van der Waals surface area (Å²) in [5.41, 5.74) is -0.460. The molecule has 1 aliphatic carbocycles. The summed E-state index contributed by atoms with van der Waals surface area (Å²) in [6.45, 7) is 9.17. The number of carbonyl (C=O) groups excluding carboxylic acids is 2. The van der Waals surface area contributed by atoms with Crippen molar-refractivity contribution < 1.29 is 19.1 Å². The first kappa shape index (κ1) is 20.4. The van der Waals surface area contributed by atoms with Gasteiger partial charge < -0.3 is 19.7 Å². The maximum atomic E-state index is 12.5. The molecule has 0 spiro atoms. The molecule has 2 saturated heterocycles.